The van der Waals surface area contributed by atoms with Gasteiger partial charge >= 0.3 is 12.0 Å². The molecule has 0 aromatic heterocycles. The third-order valence-electron chi connectivity index (χ3n) is 2.51. The summed E-state index contributed by atoms with van der Waals surface area (Å²) in [6.45, 7) is 1.15. The molecule has 1 aromatic carbocycles. The van der Waals surface area contributed by atoms with Gasteiger partial charge in [-0.2, -0.15) is 0 Å². The Bertz CT molecular complexity index is 464. The third-order valence-corrected chi connectivity index (χ3v) is 2.51. The van der Waals surface area contributed by atoms with Crippen molar-refractivity contribution >= 4 is 17.7 Å². The summed E-state index contributed by atoms with van der Waals surface area (Å²) >= 11 is 0. The van der Waals surface area contributed by atoms with Crippen LogP contribution in [0.2, 0.25) is 0 Å². The van der Waals surface area contributed by atoms with Gasteiger partial charge < -0.3 is 25.2 Å². The smallest absolute Gasteiger partial charge is 0.319 e. The molecule has 116 valence electrons. The lowest BCUT2D eigenvalue weighted by atomic mass is 10.3. The first-order chi connectivity index (χ1) is 10.1. The van der Waals surface area contributed by atoms with Gasteiger partial charge in [-0.05, 0) is 12.1 Å². The van der Waals surface area contributed by atoms with Crippen LogP contribution in [-0.4, -0.2) is 44.0 Å². The van der Waals surface area contributed by atoms with Crippen LogP contribution in [0.1, 0.15) is 12.8 Å². The molecule has 7 heteroatoms. The Kier molecular flexibility index (Phi) is 7.67. The number of methoxy groups -OCH3 is 1. The van der Waals surface area contributed by atoms with Gasteiger partial charge in [-0.25, -0.2) is 4.79 Å². The largest absolute Gasteiger partial charge is 0.491 e. The summed E-state index contributed by atoms with van der Waals surface area (Å²) in [6, 6.07) is 6.57. The van der Waals surface area contributed by atoms with Crippen LogP contribution in [0.15, 0.2) is 24.3 Å². The second kappa shape index (κ2) is 9.60. The summed E-state index contributed by atoms with van der Waals surface area (Å²) in [7, 11) is 1.62. The number of ether oxygens (including phenoxy) is 2. The van der Waals surface area contributed by atoms with Crippen LogP contribution in [0.5, 0.6) is 5.75 Å². The Morgan fingerprint density at radius 3 is 2.71 bits per heavy atom. The van der Waals surface area contributed by atoms with Crippen molar-refractivity contribution in [3.05, 3.63) is 24.3 Å². The van der Waals surface area contributed by atoms with Crippen LogP contribution in [0.3, 0.4) is 0 Å². The van der Waals surface area contributed by atoms with Gasteiger partial charge in [-0.3, -0.25) is 4.79 Å². The average molecular weight is 296 g/mol. The molecule has 0 fully saturated rings. The standard InChI is InChI=1S/C14H20N2O5/c1-20-9-4-10-21-12-6-3-2-5-11(12)16-14(19)15-8-7-13(17)18/h2-3,5-6H,4,7-10H2,1H3,(H,17,18)(H2,15,16,19). The number of hydrogen-bond donors (Lipinski definition) is 3. The Morgan fingerprint density at radius 1 is 1.24 bits per heavy atom. The molecular formula is C14H20N2O5. The van der Waals surface area contributed by atoms with Gasteiger partial charge in [0.1, 0.15) is 5.75 Å². The Hall–Kier alpha value is -2.28. The van der Waals surface area contributed by atoms with Crippen molar-refractivity contribution in [2.75, 3.05) is 32.2 Å². The van der Waals surface area contributed by atoms with Gasteiger partial charge in [0.2, 0.25) is 0 Å². The molecule has 1 rings (SSSR count). The predicted octanol–water partition coefficient (Wildman–Crippen LogP) is 1.70. The highest BCUT2D eigenvalue weighted by Gasteiger charge is 2.07. The highest BCUT2D eigenvalue weighted by Crippen LogP contribution is 2.23. The van der Waals surface area contributed by atoms with Crippen molar-refractivity contribution in [2.24, 2.45) is 0 Å². The van der Waals surface area contributed by atoms with Crippen molar-refractivity contribution in [3.63, 3.8) is 0 Å². The number of rotatable bonds is 9. The van der Waals surface area contributed by atoms with Gasteiger partial charge in [0.05, 0.1) is 18.7 Å². The molecule has 0 atom stereocenters. The summed E-state index contributed by atoms with van der Waals surface area (Å²) in [5, 5.41) is 13.6. The summed E-state index contributed by atoms with van der Waals surface area (Å²) < 4.78 is 10.5. The first-order valence-corrected chi connectivity index (χ1v) is 6.61. The summed E-state index contributed by atoms with van der Waals surface area (Å²) in [5.74, 6) is -0.404. The van der Waals surface area contributed by atoms with Crippen LogP contribution in [-0.2, 0) is 9.53 Å². The number of benzene rings is 1. The molecule has 7 nitrogen and oxygen atoms in total. The molecule has 0 heterocycles. The molecule has 21 heavy (non-hydrogen) atoms. The molecule has 0 aliphatic carbocycles. The van der Waals surface area contributed by atoms with Gasteiger partial charge in [0.15, 0.2) is 0 Å². The van der Waals surface area contributed by atoms with Crippen molar-refractivity contribution in [1.29, 1.82) is 0 Å². The van der Waals surface area contributed by atoms with Crippen LogP contribution >= 0.6 is 0 Å². The van der Waals surface area contributed by atoms with E-state index in [-0.39, 0.29) is 13.0 Å². The predicted molar refractivity (Wildman–Crippen MR) is 77.7 cm³/mol. The molecular weight excluding hydrogens is 276 g/mol. The van der Waals surface area contributed by atoms with E-state index in [1.807, 2.05) is 0 Å². The minimum atomic E-state index is -0.961. The van der Waals surface area contributed by atoms with Crippen molar-refractivity contribution in [3.8, 4) is 5.75 Å². The fourth-order valence-electron chi connectivity index (χ4n) is 1.53. The SMILES string of the molecule is COCCCOc1ccccc1NC(=O)NCCC(=O)O. The van der Waals surface area contributed by atoms with E-state index in [9.17, 15) is 9.59 Å². The summed E-state index contributed by atoms with van der Waals surface area (Å²) in [5.41, 5.74) is 0.530. The minimum absolute atomic E-state index is 0.0675. The van der Waals surface area contributed by atoms with E-state index in [2.05, 4.69) is 10.6 Å². The Morgan fingerprint density at radius 2 is 2.00 bits per heavy atom. The highest BCUT2D eigenvalue weighted by atomic mass is 16.5. The second-order valence-electron chi connectivity index (χ2n) is 4.22. The molecule has 0 bridgehead atoms. The normalized spacial score (nSPS) is 9.95. The molecule has 0 unspecified atom stereocenters. The number of carbonyl (C=O) groups is 2. The molecule has 1 aromatic rings. The van der Waals surface area contributed by atoms with Crippen LogP contribution in [0.4, 0.5) is 10.5 Å². The molecule has 0 aliphatic rings. The van der Waals surface area contributed by atoms with E-state index in [0.717, 1.165) is 6.42 Å². The van der Waals surface area contributed by atoms with Crippen molar-refractivity contribution in [1.82, 2.24) is 5.32 Å². The fourth-order valence-corrected chi connectivity index (χ4v) is 1.53. The number of urea groups is 1. The topological polar surface area (TPSA) is 96.9 Å². The van der Waals surface area contributed by atoms with Gasteiger partial charge in [-0.1, -0.05) is 12.1 Å². The number of carboxylic acid groups (broad SMARTS) is 1. The average Bonchev–Trinajstić information content (AvgIpc) is 2.45. The number of nitrogens with one attached hydrogen (secondary N) is 2. The van der Waals surface area contributed by atoms with E-state index >= 15 is 0 Å². The van der Waals surface area contributed by atoms with Gasteiger partial charge in [0.25, 0.3) is 0 Å². The number of carboxylic acids is 1. The molecule has 0 saturated carbocycles. The first kappa shape index (κ1) is 16.8. The highest BCUT2D eigenvalue weighted by molar-refractivity contribution is 5.91. The number of para-hydroxylation sites is 2. The molecule has 0 aliphatic heterocycles. The third kappa shape index (κ3) is 7.17. The zero-order valence-corrected chi connectivity index (χ0v) is 11.9. The van der Waals surface area contributed by atoms with E-state index < -0.39 is 12.0 Å². The van der Waals surface area contributed by atoms with Gasteiger partial charge in [0, 0.05) is 26.7 Å². The van der Waals surface area contributed by atoms with Crippen LogP contribution in [0, 0.1) is 0 Å². The maximum absolute atomic E-state index is 11.6. The van der Waals surface area contributed by atoms with E-state index in [1.54, 1.807) is 31.4 Å². The van der Waals surface area contributed by atoms with E-state index in [4.69, 9.17) is 14.6 Å². The minimum Gasteiger partial charge on any atom is -0.491 e. The molecule has 3 N–H and O–H groups in total. The van der Waals surface area contributed by atoms with Crippen molar-refractivity contribution < 1.29 is 24.2 Å². The van der Waals surface area contributed by atoms with E-state index in [1.165, 1.54) is 0 Å². The van der Waals surface area contributed by atoms with Crippen LogP contribution in [0.25, 0.3) is 0 Å². The number of amides is 2. The monoisotopic (exact) mass is 296 g/mol. The van der Waals surface area contributed by atoms with Crippen LogP contribution < -0.4 is 15.4 Å². The zero-order valence-electron chi connectivity index (χ0n) is 11.9. The molecule has 0 spiro atoms. The number of carbonyl (C=O) groups excluding carboxylic acids is 1. The lowest BCUT2D eigenvalue weighted by molar-refractivity contribution is -0.136. The summed E-state index contributed by atoms with van der Waals surface area (Å²) in [6.07, 6.45) is 0.623. The van der Waals surface area contributed by atoms with E-state index in [0.29, 0.717) is 24.7 Å². The lowest BCUT2D eigenvalue weighted by Crippen LogP contribution is -2.30. The Balaban J connectivity index is 2.46. The summed E-state index contributed by atoms with van der Waals surface area (Å²) in [4.78, 5) is 22.0. The van der Waals surface area contributed by atoms with Crippen molar-refractivity contribution in [2.45, 2.75) is 12.8 Å². The fraction of sp³-hybridized carbons (Fsp3) is 0.429. The molecule has 0 radical (unpaired) electrons. The quantitative estimate of drug-likeness (QED) is 0.603. The maximum atomic E-state index is 11.6. The Labute approximate surface area is 123 Å². The number of anilines is 1. The molecule has 0 saturated heterocycles. The maximum Gasteiger partial charge on any atom is 0.319 e. The zero-order chi connectivity index (χ0) is 15.5. The second-order valence-corrected chi connectivity index (χ2v) is 4.22. The molecule has 2 amide bonds. The first-order valence-electron chi connectivity index (χ1n) is 6.61. The number of aliphatic carboxylic acids is 1. The van der Waals surface area contributed by atoms with Gasteiger partial charge in [-0.15, -0.1) is 0 Å². The lowest BCUT2D eigenvalue weighted by Gasteiger charge is -2.12. The number of hydrogen-bond acceptors (Lipinski definition) is 4.